The molecule has 1 aliphatic heterocycles. The summed E-state index contributed by atoms with van der Waals surface area (Å²) in [6.45, 7) is 2.41. The smallest absolute Gasteiger partial charge is 0.351 e. The van der Waals surface area contributed by atoms with Gasteiger partial charge in [0, 0.05) is 24.5 Å². The van der Waals surface area contributed by atoms with E-state index in [1.165, 1.54) is 18.7 Å². The fraction of sp³-hybridized carbons (Fsp3) is 0.333. The Bertz CT molecular complexity index is 425. The number of hydrogen-bond acceptors (Lipinski definition) is 3. The second-order valence-corrected chi connectivity index (χ2v) is 4.04. The first-order valence-electron chi connectivity index (χ1n) is 5.58. The molecule has 6 heteroatoms. The molecule has 0 amide bonds. The number of carbonyl (C=O) groups is 2. The van der Waals surface area contributed by atoms with Crippen molar-refractivity contribution in [3.8, 4) is 0 Å². The number of aromatic nitrogens is 1. The van der Waals surface area contributed by atoms with E-state index in [1.54, 1.807) is 4.90 Å². The quantitative estimate of drug-likeness (QED) is 0.570. The Kier molecular flexibility index (Phi) is 5.13. The molecule has 1 aromatic heterocycles. The van der Waals surface area contributed by atoms with Crippen LogP contribution in [0.3, 0.4) is 0 Å². The van der Waals surface area contributed by atoms with Crippen LogP contribution in [0.4, 0.5) is 0 Å². The highest BCUT2D eigenvalue weighted by molar-refractivity contribution is 6.26. The van der Waals surface area contributed by atoms with Crippen molar-refractivity contribution < 1.29 is 24.7 Å². The van der Waals surface area contributed by atoms with Crippen LogP contribution < -0.4 is 10.0 Å². The van der Waals surface area contributed by atoms with Gasteiger partial charge in [0.1, 0.15) is 0 Å². The van der Waals surface area contributed by atoms with Crippen molar-refractivity contribution in [2.45, 2.75) is 6.42 Å². The lowest BCUT2D eigenvalue weighted by Gasteiger charge is -2.19. The summed E-state index contributed by atoms with van der Waals surface area (Å²) in [5.41, 5.74) is 1.45. The zero-order valence-electron chi connectivity index (χ0n) is 10.1. The van der Waals surface area contributed by atoms with Crippen LogP contribution in [0.25, 0.3) is 5.70 Å². The molecule has 1 atom stereocenters. The minimum Gasteiger partial charge on any atom is -0.539 e. The molecule has 0 saturated carbocycles. The Morgan fingerprint density at radius 1 is 1.39 bits per heavy atom. The third-order valence-electron chi connectivity index (χ3n) is 2.60. The zero-order chi connectivity index (χ0) is 13.5. The van der Waals surface area contributed by atoms with Gasteiger partial charge in [-0.25, -0.2) is 4.79 Å². The molecule has 0 radical (unpaired) electrons. The van der Waals surface area contributed by atoms with Crippen molar-refractivity contribution in [2.24, 2.45) is 0 Å². The van der Waals surface area contributed by atoms with Crippen LogP contribution in [0, 0.1) is 0 Å². The number of carboxylic acid groups (broad SMARTS) is 2. The number of carboxylic acids is 2. The van der Waals surface area contributed by atoms with E-state index < -0.39 is 11.9 Å². The third kappa shape index (κ3) is 4.42. The van der Waals surface area contributed by atoms with Crippen molar-refractivity contribution in [3.63, 3.8) is 0 Å². The summed E-state index contributed by atoms with van der Waals surface area (Å²) in [7, 11) is 2.24. The fourth-order valence-corrected chi connectivity index (χ4v) is 1.60. The van der Waals surface area contributed by atoms with Gasteiger partial charge in [-0.05, 0) is 18.2 Å². The molecule has 0 bridgehead atoms. The maximum atomic E-state index is 9.04. The van der Waals surface area contributed by atoms with E-state index in [1.807, 2.05) is 0 Å². The maximum Gasteiger partial charge on any atom is 0.351 e. The van der Waals surface area contributed by atoms with Gasteiger partial charge in [-0.1, -0.05) is 0 Å². The highest BCUT2D eigenvalue weighted by Gasteiger charge is 2.10. The van der Waals surface area contributed by atoms with Gasteiger partial charge in [0.15, 0.2) is 5.97 Å². The summed E-state index contributed by atoms with van der Waals surface area (Å²) in [4.78, 5) is 19.6. The molecular formula is C12H16N2O4. The molecule has 0 saturated heterocycles. The summed E-state index contributed by atoms with van der Waals surface area (Å²) < 4.78 is 2.21. The number of rotatable bonds is 1. The molecule has 1 aliphatic rings. The van der Waals surface area contributed by atoms with Gasteiger partial charge in [-0.3, -0.25) is 0 Å². The van der Waals surface area contributed by atoms with E-state index in [-0.39, 0.29) is 0 Å². The SMILES string of the molecule is C[NH+]1CC=C(n2cccc2)CC1.O=C([O-])C(=O)O. The third-order valence-corrected chi connectivity index (χ3v) is 2.60. The summed E-state index contributed by atoms with van der Waals surface area (Å²) >= 11 is 0. The van der Waals surface area contributed by atoms with E-state index in [0.717, 1.165) is 6.54 Å². The van der Waals surface area contributed by atoms with E-state index >= 15 is 0 Å². The van der Waals surface area contributed by atoms with Crippen molar-refractivity contribution >= 4 is 17.6 Å². The number of likely N-dealkylation sites (N-methyl/N-ethyl adjacent to an activating group) is 1. The monoisotopic (exact) mass is 252 g/mol. The van der Waals surface area contributed by atoms with E-state index in [4.69, 9.17) is 19.8 Å². The molecular weight excluding hydrogens is 236 g/mol. The number of hydrogen-bond donors (Lipinski definition) is 2. The maximum absolute atomic E-state index is 9.04. The molecule has 6 nitrogen and oxygen atoms in total. The first-order valence-corrected chi connectivity index (χ1v) is 5.58. The summed E-state index contributed by atoms with van der Waals surface area (Å²) in [6, 6.07) is 4.15. The predicted molar refractivity (Wildman–Crippen MR) is 62.6 cm³/mol. The van der Waals surface area contributed by atoms with Crippen molar-refractivity contribution in [3.05, 3.63) is 30.6 Å². The minimum absolute atomic E-state index is 1.16. The Morgan fingerprint density at radius 2 is 1.94 bits per heavy atom. The largest absolute Gasteiger partial charge is 0.539 e. The summed E-state index contributed by atoms with van der Waals surface area (Å²) in [5, 5.41) is 16.3. The molecule has 0 aromatic carbocycles. The van der Waals surface area contributed by atoms with Gasteiger partial charge in [0.25, 0.3) is 0 Å². The standard InChI is InChI=1S/C10H14N2.C2H2O4/c1-11-8-4-10(5-9-11)12-6-2-3-7-12;3-1(4)2(5)6/h2-4,6-7H,5,8-9H2,1H3;(H,3,4)(H,5,6). The fourth-order valence-electron chi connectivity index (χ4n) is 1.60. The van der Waals surface area contributed by atoms with Crippen LogP contribution in [-0.4, -0.2) is 41.7 Å². The highest BCUT2D eigenvalue weighted by atomic mass is 16.4. The van der Waals surface area contributed by atoms with E-state index in [9.17, 15) is 0 Å². The van der Waals surface area contributed by atoms with Crippen LogP contribution >= 0.6 is 0 Å². The molecule has 1 unspecified atom stereocenters. The topological polar surface area (TPSA) is 86.8 Å². The second-order valence-electron chi connectivity index (χ2n) is 4.04. The lowest BCUT2D eigenvalue weighted by Crippen LogP contribution is -3.09. The number of quaternary nitrogens is 1. The Hall–Kier alpha value is -2.08. The molecule has 1 aromatic rings. The van der Waals surface area contributed by atoms with Gasteiger partial charge in [-0.2, -0.15) is 0 Å². The Balaban J connectivity index is 0.000000232. The van der Waals surface area contributed by atoms with Crippen molar-refractivity contribution in [1.82, 2.24) is 4.57 Å². The van der Waals surface area contributed by atoms with Crippen LogP contribution in [0.2, 0.25) is 0 Å². The Labute approximate surface area is 105 Å². The molecule has 18 heavy (non-hydrogen) atoms. The van der Waals surface area contributed by atoms with E-state index in [0.29, 0.717) is 0 Å². The van der Waals surface area contributed by atoms with Gasteiger partial charge in [-0.15, -0.1) is 0 Å². The Morgan fingerprint density at radius 3 is 2.33 bits per heavy atom. The van der Waals surface area contributed by atoms with Gasteiger partial charge in [0.2, 0.25) is 0 Å². The molecule has 0 fully saturated rings. The molecule has 2 N–H and O–H groups in total. The van der Waals surface area contributed by atoms with Crippen LogP contribution in [0.15, 0.2) is 30.6 Å². The predicted octanol–water partition coefficient (Wildman–Crippen LogP) is -1.93. The average molecular weight is 252 g/mol. The normalized spacial score (nSPS) is 18.3. The number of carbonyl (C=O) groups excluding carboxylic acids is 1. The first kappa shape index (κ1) is 14.0. The zero-order valence-corrected chi connectivity index (χ0v) is 10.1. The number of aliphatic carboxylic acids is 2. The minimum atomic E-state index is -2.07. The lowest BCUT2D eigenvalue weighted by atomic mass is 10.2. The van der Waals surface area contributed by atoms with Crippen LogP contribution in [0.1, 0.15) is 6.42 Å². The van der Waals surface area contributed by atoms with E-state index in [2.05, 4.69) is 42.2 Å². The van der Waals surface area contributed by atoms with Crippen LogP contribution in [-0.2, 0) is 9.59 Å². The molecule has 0 spiro atoms. The van der Waals surface area contributed by atoms with Crippen molar-refractivity contribution in [2.75, 3.05) is 20.1 Å². The molecule has 2 rings (SSSR count). The molecule has 2 heterocycles. The van der Waals surface area contributed by atoms with Gasteiger partial charge >= 0.3 is 5.97 Å². The second kappa shape index (κ2) is 6.61. The van der Waals surface area contributed by atoms with Crippen molar-refractivity contribution in [1.29, 1.82) is 0 Å². The molecule has 98 valence electrons. The lowest BCUT2D eigenvalue weighted by molar-refractivity contribution is -0.874. The first-order chi connectivity index (χ1) is 8.50. The highest BCUT2D eigenvalue weighted by Crippen LogP contribution is 2.09. The average Bonchev–Trinajstić information content (AvgIpc) is 2.84. The molecule has 0 aliphatic carbocycles. The van der Waals surface area contributed by atoms with Gasteiger partial charge < -0.3 is 24.5 Å². The summed E-state index contributed by atoms with van der Waals surface area (Å²) in [5.74, 6) is -4.01. The summed E-state index contributed by atoms with van der Waals surface area (Å²) in [6.07, 6.45) is 7.76. The number of nitrogens with one attached hydrogen (secondary N) is 1. The van der Waals surface area contributed by atoms with Gasteiger partial charge in [0.05, 0.1) is 20.1 Å². The van der Waals surface area contributed by atoms with Crippen LogP contribution in [0.5, 0.6) is 0 Å². The number of nitrogens with zero attached hydrogens (tertiary/aromatic N) is 1.